The maximum Gasteiger partial charge on any atom is 0.363 e. The second-order valence-corrected chi connectivity index (χ2v) is 5.55. The van der Waals surface area contributed by atoms with Crippen molar-refractivity contribution in [1.82, 2.24) is 0 Å². The van der Waals surface area contributed by atoms with E-state index < -0.39 is 10.9 Å². The summed E-state index contributed by atoms with van der Waals surface area (Å²) in [6.07, 6.45) is 4.89. The number of cyclic esters (lactones) is 1. The van der Waals surface area contributed by atoms with Crippen LogP contribution >= 0.6 is 11.3 Å². The van der Waals surface area contributed by atoms with E-state index in [2.05, 4.69) is 4.99 Å². The van der Waals surface area contributed by atoms with Gasteiger partial charge >= 0.3 is 5.97 Å². The lowest BCUT2D eigenvalue weighted by molar-refractivity contribution is -0.384. The van der Waals surface area contributed by atoms with Gasteiger partial charge in [0.15, 0.2) is 5.70 Å². The van der Waals surface area contributed by atoms with Gasteiger partial charge in [-0.2, -0.15) is 0 Å². The number of ether oxygens (including phenoxy) is 1. The van der Waals surface area contributed by atoms with Crippen molar-refractivity contribution in [2.45, 2.75) is 0 Å². The number of thiophene rings is 1. The molecule has 0 bridgehead atoms. The first kappa shape index (κ1) is 14.9. The van der Waals surface area contributed by atoms with Gasteiger partial charge < -0.3 is 4.74 Å². The number of benzene rings is 1. The van der Waals surface area contributed by atoms with E-state index in [4.69, 9.17) is 4.74 Å². The van der Waals surface area contributed by atoms with E-state index in [0.29, 0.717) is 0 Å². The predicted molar refractivity (Wildman–Crippen MR) is 88.0 cm³/mol. The molecule has 0 radical (unpaired) electrons. The lowest BCUT2D eigenvalue weighted by Gasteiger charge is -1.94. The summed E-state index contributed by atoms with van der Waals surface area (Å²) in [4.78, 5) is 26.9. The molecule has 1 aromatic heterocycles. The molecule has 1 aliphatic rings. The zero-order valence-electron chi connectivity index (χ0n) is 11.7. The van der Waals surface area contributed by atoms with Crippen LogP contribution in [0.15, 0.2) is 58.5 Å². The van der Waals surface area contributed by atoms with Crippen molar-refractivity contribution in [3.63, 3.8) is 0 Å². The molecule has 1 aromatic carbocycles. The van der Waals surface area contributed by atoms with E-state index in [1.807, 2.05) is 17.5 Å². The Labute approximate surface area is 135 Å². The van der Waals surface area contributed by atoms with Crippen LogP contribution in [-0.2, 0) is 9.53 Å². The average molecular weight is 326 g/mol. The standard InChI is InChI=1S/C16H10N2O4S/c19-16-14(10-13-2-1-9-23-13)17-15(22-16)8-5-11-3-6-12(7-4-11)18(20)21/h1-10H/b8-5+,14-10?. The van der Waals surface area contributed by atoms with Crippen LogP contribution in [0.3, 0.4) is 0 Å². The molecule has 0 amide bonds. The van der Waals surface area contributed by atoms with Crippen molar-refractivity contribution >= 4 is 41.0 Å². The third-order valence-corrected chi connectivity index (χ3v) is 3.80. The molecule has 0 N–H and O–H groups in total. The number of esters is 1. The molecule has 0 fully saturated rings. The van der Waals surface area contributed by atoms with Crippen LogP contribution in [0.1, 0.15) is 10.4 Å². The SMILES string of the molecule is O=C1OC(/C=C/c2ccc([N+](=O)[O-])cc2)=NC1=Cc1cccs1. The van der Waals surface area contributed by atoms with Crippen LogP contribution in [0.4, 0.5) is 5.69 Å². The van der Waals surface area contributed by atoms with E-state index >= 15 is 0 Å². The van der Waals surface area contributed by atoms with Crippen molar-refractivity contribution in [1.29, 1.82) is 0 Å². The lowest BCUT2D eigenvalue weighted by atomic mass is 10.2. The summed E-state index contributed by atoms with van der Waals surface area (Å²) in [6, 6.07) is 9.79. The molecule has 1 aliphatic heterocycles. The Kier molecular flexibility index (Phi) is 4.11. The first-order chi connectivity index (χ1) is 11.1. The topological polar surface area (TPSA) is 81.8 Å². The number of rotatable bonds is 4. The van der Waals surface area contributed by atoms with E-state index in [1.54, 1.807) is 30.4 Å². The molecule has 2 aromatic rings. The van der Waals surface area contributed by atoms with Crippen molar-refractivity contribution in [2.24, 2.45) is 4.99 Å². The van der Waals surface area contributed by atoms with Gasteiger partial charge in [-0.05, 0) is 41.3 Å². The third-order valence-electron chi connectivity index (χ3n) is 2.98. The number of non-ortho nitro benzene ring substituents is 1. The molecular weight excluding hydrogens is 316 g/mol. The highest BCUT2D eigenvalue weighted by Gasteiger charge is 2.21. The Bertz CT molecular complexity index is 833. The fourth-order valence-electron chi connectivity index (χ4n) is 1.88. The second-order valence-electron chi connectivity index (χ2n) is 4.57. The molecular formula is C16H10N2O4S. The number of hydrogen-bond acceptors (Lipinski definition) is 6. The molecule has 7 heteroatoms. The van der Waals surface area contributed by atoms with E-state index in [0.717, 1.165) is 10.4 Å². The Balaban J connectivity index is 1.75. The highest BCUT2D eigenvalue weighted by atomic mass is 32.1. The molecule has 0 saturated heterocycles. The lowest BCUT2D eigenvalue weighted by Crippen LogP contribution is -2.00. The first-order valence-corrected chi connectivity index (χ1v) is 7.48. The normalized spacial score (nSPS) is 15.9. The number of aliphatic imine (C=N–C) groups is 1. The summed E-state index contributed by atoms with van der Waals surface area (Å²) < 4.78 is 5.06. The van der Waals surface area contributed by atoms with Crippen LogP contribution in [0.5, 0.6) is 0 Å². The molecule has 0 spiro atoms. The summed E-state index contributed by atoms with van der Waals surface area (Å²) in [5.74, 6) is -0.307. The number of carbonyl (C=O) groups is 1. The molecule has 0 saturated carbocycles. The zero-order chi connectivity index (χ0) is 16.2. The third kappa shape index (κ3) is 3.58. The summed E-state index contributed by atoms with van der Waals surface area (Å²) in [7, 11) is 0. The molecule has 23 heavy (non-hydrogen) atoms. The largest absolute Gasteiger partial charge is 0.403 e. The minimum Gasteiger partial charge on any atom is -0.403 e. The van der Waals surface area contributed by atoms with Gasteiger partial charge in [-0.15, -0.1) is 11.3 Å². The van der Waals surface area contributed by atoms with Gasteiger partial charge in [0.05, 0.1) is 4.92 Å². The maximum absolute atomic E-state index is 11.7. The molecule has 0 aliphatic carbocycles. The van der Waals surface area contributed by atoms with Gasteiger partial charge in [0.25, 0.3) is 5.69 Å². The number of nitro groups is 1. The fourth-order valence-corrected chi connectivity index (χ4v) is 2.53. The van der Waals surface area contributed by atoms with E-state index in [-0.39, 0.29) is 17.3 Å². The predicted octanol–water partition coefficient (Wildman–Crippen LogP) is 3.67. The first-order valence-electron chi connectivity index (χ1n) is 6.60. The molecule has 6 nitrogen and oxygen atoms in total. The Hall–Kier alpha value is -3.06. The van der Waals surface area contributed by atoms with Crippen LogP contribution < -0.4 is 0 Å². The minimum absolute atomic E-state index is 0.0213. The number of carbonyl (C=O) groups excluding carboxylic acids is 1. The fraction of sp³-hybridized carbons (Fsp3) is 0. The van der Waals surface area contributed by atoms with Gasteiger partial charge in [-0.25, -0.2) is 9.79 Å². The monoisotopic (exact) mass is 326 g/mol. The second kappa shape index (κ2) is 6.37. The number of hydrogen-bond donors (Lipinski definition) is 0. The van der Waals surface area contributed by atoms with Crippen molar-refractivity contribution in [3.8, 4) is 0 Å². The quantitative estimate of drug-likeness (QED) is 0.371. The van der Waals surface area contributed by atoms with Crippen LogP contribution in [0.25, 0.3) is 12.2 Å². The smallest absolute Gasteiger partial charge is 0.363 e. The summed E-state index contributed by atoms with van der Waals surface area (Å²) in [5, 5.41) is 12.5. The van der Waals surface area contributed by atoms with Crippen molar-refractivity contribution in [2.75, 3.05) is 0 Å². The number of nitro benzene ring substituents is 1. The van der Waals surface area contributed by atoms with Gasteiger partial charge in [-0.3, -0.25) is 10.1 Å². The summed E-state index contributed by atoms with van der Waals surface area (Å²) in [5.41, 5.74) is 1.01. The van der Waals surface area contributed by atoms with Crippen molar-refractivity contribution in [3.05, 3.63) is 74.1 Å². The molecule has 0 unspecified atom stereocenters. The van der Waals surface area contributed by atoms with E-state index in [1.165, 1.54) is 23.5 Å². The molecule has 3 rings (SSSR count). The maximum atomic E-state index is 11.7. The summed E-state index contributed by atoms with van der Waals surface area (Å²) >= 11 is 1.50. The highest BCUT2D eigenvalue weighted by Crippen LogP contribution is 2.19. The average Bonchev–Trinajstić information content (AvgIpc) is 3.16. The molecule has 114 valence electrons. The molecule has 0 atom stereocenters. The van der Waals surface area contributed by atoms with Gasteiger partial charge in [-0.1, -0.05) is 6.07 Å². The van der Waals surface area contributed by atoms with Gasteiger partial charge in [0, 0.05) is 23.1 Å². The highest BCUT2D eigenvalue weighted by molar-refractivity contribution is 7.10. The zero-order valence-corrected chi connectivity index (χ0v) is 12.5. The van der Waals surface area contributed by atoms with Crippen LogP contribution in [-0.4, -0.2) is 16.8 Å². The van der Waals surface area contributed by atoms with Crippen LogP contribution in [0.2, 0.25) is 0 Å². The van der Waals surface area contributed by atoms with Crippen LogP contribution in [0, 0.1) is 10.1 Å². The van der Waals surface area contributed by atoms with Gasteiger partial charge in [0.1, 0.15) is 0 Å². The number of nitrogens with zero attached hydrogens (tertiary/aromatic N) is 2. The van der Waals surface area contributed by atoms with Crippen molar-refractivity contribution < 1.29 is 14.5 Å². The molecule has 2 heterocycles. The van der Waals surface area contributed by atoms with Gasteiger partial charge in [0.2, 0.25) is 5.90 Å². The Morgan fingerprint density at radius 3 is 2.61 bits per heavy atom. The Morgan fingerprint density at radius 1 is 1.17 bits per heavy atom. The summed E-state index contributed by atoms with van der Waals surface area (Å²) in [6.45, 7) is 0. The van der Waals surface area contributed by atoms with E-state index in [9.17, 15) is 14.9 Å². The minimum atomic E-state index is -0.498. The Morgan fingerprint density at radius 2 is 1.96 bits per heavy atom.